The molecule has 62 heavy (non-hydrogen) atoms. The predicted octanol–water partition coefficient (Wildman–Crippen LogP) is 17.3. The Morgan fingerprint density at radius 1 is 0.355 bits per heavy atom. The summed E-state index contributed by atoms with van der Waals surface area (Å²) in [5, 5.41) is 0. The van der Waals surface area contributed by atoms with Crippen LogP contribution in [0.4, 0.5) is 0 Å². The summed E-state index contributed by atoms with van der Waals surface area (Å²) in [6.07, 6.45) is 62.5. The highest BCUT2D eigenvalue weighted by Gasteiger charge is 2.19. The molecule has 358 valence electrons. The normalized spacial score (nSPS) is 12.5. The van der Waals surface area contributed by atoms with E-state index in [0.29, 0.717) is 12.8 Å². The van der Waals surface area contributed by atoms with Crippen molar-refractivity contribution in [2.75, 3.05) is 13.2 Å². The molecule has 0 aliphatic heterocycles. The van der Waals surface area contributed by atoms with E-state index in [1.165, 1.54) is 148 Å². The summed E-state index contributed by atoms with van der Waals surface area (Å²) in [4.78, 5) is 37.8. The Labute approximate surface area is 383 Å². The summed E-state index contributed by atoms with van der Waals surface area (Å²) in [6.45, 7) is 6.41. The van der Waals surface area contributed by atoms with Crippen LogP contribution in [-0.4, -0.2) is 37.2 Å². The molecule has 0 amide bonds. The number of ether oxygens (including phenoxy) is 3. The van der Waals surface area contributed by atoms with E-state index in [4.69, 9.17) is 14.2 Å². The Hall–Kier alpha value is -2.89. The van der Waals surface area contributed by atoms with Gasteiger partial charge in [0.2, 0.25) is 0 Å². The van der Waals surface area contributed by atoms with Gasteiger partial charge in [-0.3, -0.25) is 14.4 Å². The number of carbonyl (C=O) groups is 3. The second-order valence-electron chi connectivity index (χ2n) is 17.4. The molecule has 0 radical (unpaired) electrons. The van der Waals surface area contributed by atoms with Crippen molar-refractivity contribution >= 4 is 17.9 Å². The second-order valence-corrected chi connectivity index (χ2v) is 17.4. The topological polar surface area (TPSA) is 78.9 Å². The van der Waals surface area contributed by atoms with Gasteiger partial charge >= 0.3 is 17.9 Å². The monoisotopic (exact) mass is 867 g/mol. The lowest BCUT2D eigenvalue weighted by Gasteiger charge is -2.18. The first-order valence-electron chi connectivity index (χ1n) is 26.3. The zero-order valence-electron chi connectivity index (χ0n) is 40.9. The van der Waals surface area contributed by atoms with Gasteiger partial charge in [-0.05, 0) is 64.2 Å². The molecule has 0 N–H and O–H groups in total. The molecule has 0 saturated carbocycles. The molecule has 0 bridgehead atoms. The maximum absolute atomic E-state index is 12.8. The number of carbonyl (C=O) groups excluding carboxylic acids is 3. The Morgan fingerprint density at radius 2 is 0.694 bits per heavy atom. The average molecular weight is 867 g/mol. The molecule has 0 rings (SSSR count). The summed E-state index contributed by atoms with van der Waals surface area (Å²) in [5.74, 6) is -1.03. The van der Waals surface area contributed by atoms with E-state index in [9.17, 15) is 14.4 Å². The highest BCUT2D eigenvalue weighted by Crippen LogP contribution is 2.16. The van der Waals surface area contributed by atoms with Crippen LogP contribution < -0.4 is 0 Å². The van der Waals surface area contributed by atoms with Gasteiger partial charge in [0.1, 0.15) is 13.2 Å². The standard InChI is InChI=1S/C56H98O6/c1-4-7-10-13-16-19-21-23-25-27-29-30-32-34-37-40-43-46-49-55(58)61-52-53(51-60-54(57)48-45-42-39-36-18-15-12-9-6-3)62-56(59)50-47-44-41-38-35-33-31-28-26-24-22-20-17-14-11-8-5-2/h9,12,17-18,20,24,26,36,42,45,53H,4-8,10-11,13-16,19,21-23,25,27-35,37-41,43-44,46-52H2,1-3H3/b12-9-,20-17-,26-24-,36-18-,45-42-. The van der Waals surface area contributed by atoms with Gasteiger partial charge in [0.05, 0.1) is 6.42 Å². The first-order valence-corrected chi connectivity index (χ1v) is 26.3. The molecule has 1 unspecified atom stereocenters. The smallest absolute Gasteiger partial charge is 0.309 e. The van der Waals surface area contributed by atoms with Gasteiger partial charge in [-0.15, -0.1) is 0 Å². The third-order valence-electron chi connectivity index (χ3n) is 11.3. The molecule has 6 nitrogen and oxygen atoms in total. The van der Waals surface area contributed by atoms with Crippen molar-refractivity contribution in [1.29, 1.82) is 0 Å². The molecule has 0 aromatic rings. The number of hydrogen-bond acceptors (Lipinski definition) is 6. The summed E-state index contributed by atoms with van der Waals surface area (Å²) >= 11 is 0. The lowest BCUT2D eigenvalue weighted by molar-refractivity contribution is -0.166. The van der Waals surface area contributed by atoms with E-state index in [2.05, 4.69) is 69.4 Å². The fourth-order valence-electron chi connectivity index (χ4n) is 7.36. The van der Waals surface area contributed by atoms with Gasteiger partial charge < -0.3 is 14.2 Å². The van der Waals surface area contributed by atoms with Gasteiger partial charge in [-0.2, -0.15) is 0 Å². The first kappa shape index (κ1) is 59.1. The largest absolute Gasteiger partial charge is 0.462 e. The third-order valence-corrected chi connectivity index (χ3v) is 11.3. The van der Waals surface area contributed by atoms with E-state index in [0.717, 1.165) is 70.6 Å². The van der Waals surface area contributed by atoms with Crippen molar-refractivity contribution in [2.45, 2.75) is 264 Å². The van der Waals surface area contributed by atoms with Crippen molar-refractivity contribution in [3.63, 3.8) is 0 Å². The summed E-state index contributed by atoms with van der Waals surface area (Å²) in [7, 11) is 0. The van der Waals surface area contributed by atoms with Crippen molar-refractivity contribution in [3.8, 4) is 0 Å². The van der Waals surface area contributed by atoms with Gasteiger partial charge in [0.25, 0.3) is 0 Å². The first-order chi connectivity index (χ1) is 30.5. The van der Waals surface area contributed by atoms with Gasteiger partial charge in [0.15, 0.2) is 6.10 Å². The molecule has 0 aliphatic rings. The Balaban J connectivity index is 4.33. The maximum Gasteiger partial charge on any atom is 0.309 e. The van der Waals surface area contributed by atoms with Crippen LogP contribution in [0.3, 0.4) is 0 Å². The number of hydrogen-bond donors (Lipinski definition) is 0. The molecule has 6 heteroatoms. The van der Waals surface area contributed by atoms with Crippen LogP contribution in [-0.2, 0) is 28.6 Å². The summed E-state index contributed by atoms with van der Waals surface area (Å²) < 4.78 is 16.7. The van der Waals surface area contributed by atoms with Crippen molar-refractivity contribution < 1.29 is 28.6 Å². The second kappa shape index (κ2) is 50.8. The van der Waals surface area contributed by atoms with Gasteiger partial charge in [-0.25, -0.2) is 0 Å². The Kier molecular flexibility index (Phi) is 48.4. The molecular formula is C56H98O6. The zero-order chi connectivity index (χ0) is 45.1. The number of allylic oxidation sites excluding steroid dienone is 9. The highest BCUT2D eigenvalue weighted by atomic mass is 16.6. The molecule has 1 atom stereocenters. The van der Waals surface area contributed by atoms with Crippen LogP contribution in [0.25, 0.3) is 0 Å². The molecule has 0 aliphatic carbocycles. The number of esters is 3. The minimum Gasteiger partial charge on any atom is -0.462 e. The van der Waals surface area contributed by atoms with E-state index in [1.807, 2.05) is 6.08 Å². The Bertz CT molecular complexity index is 1130. The number of unbranched alkanes of at least 4 members (excludes halogenated alkanes) is 27. The number of rotatable bonds is 47. The molecular weight excluding hydrogens is 769 g/mol. The van der Waals surface area contributed by atoms with E-state index in [1.54, 1.807) is 6.08 Å². The quantitative estimate of drug-likeness (QED) is 0.0262. The Morgan fingerprint density at radius 3 is 1.16 bits per heavy atom. The van der Waals surface area contributed by atoms with Gasteiger partial charge in [0, 0.05) is 12.8 Å². The van der Waals surface area contributed by atoms with Crippen LogP contribution in [0.1, 0.15) is 258 Å². The van der Waals surface area contributed by atoms with E-state index >= 15 is 0 Å². The van der Waals surface area contributed by atoms with Crippen molar-refractivity contribution in [3.05, 3.63) is 60.8 Å². The van der Waals surface area contributed by atoms with Gasteiger partial charge in [-0.1, -0.05) is 236 Å². The minimum atomic E-state index is -0.810. The predicted molar refractivity (Wildman–Crippen MR) is 265 cm³/mol. The lowest BCUT2D eigenvalue weighted by Crippen LogP contribution is -2.30. The van der Waals surface area contributed by atoms with Crippen LogP contribution in [0.2, 0.25) is 0 Å². The van der Waals surface area contributed by atoms with Crippen LogP contribution >= 0.6 is 0 Å². The van der Waals surface area contributed by atoms with E-state index in [-0.39, 0.29) is 31.6 Å². The maximum atomic E-state index is 12.8. The van der Waals surface area contributed by atoms with Crippen LogP contribution in [0.15, 0.2) is 60.8 Å². The fourth-order valence-corrected chi connectivity index (χ4v) is 7.36. The zero-order valence-corrected chi connectivity index (χ0v) is 40.9. The molecule has 0 aromatic heterocycles. The van der Waals surface area contributed by atoms with Crippen LogP contribution in [0.5, 0.6) is 0 Å². The average Bonchev–Trinajstić information content (AvgIpc) is 3.27. The summed E-state index contributed by atoms with van der Waals surface area (Å²) in [6, 6.07) is 0. The fraction of sp³-hybridized carbons (Fsp3) is 0.768. The molecule has 0 heterocycles. The molecule has 0 saturated heterocycles. The molecule has 0 aromatic carbocycles. The highest BCUT2D eigenvalue weighted by molar-refractivity contribution is 5.72. The molecule has 0 fully saturated rings. The summed E-state index contributed by atoms with van der Waals surface area (Å²) in [5.41, 5.74) is 0. The van der Waals surface area contributed by atoms with Crippen molar-refractivity contribution in [1.82, 2.24) is 0 Å². The van der Waals surface area contributed by atoms with Crippen LogP contribution in [0, 0.1) is 0 Å². The van der Waals surface area contributed by atoms with E-state index < -0.39 is 12.1 Å². The lowest BCUT2D eigenvalue weighted by atomic mass is 10.0. The van der Waals surface area contributed by atoms with Crippen molar-refractivity contribution in [2.24, 2.45) is 0 Å². The minimum absolute atomic E-state index is 0.102. The SMILES string of the molecule is CC/C=C\C/C=C\C/C=C\CC(=O)OCC(COC(=O)CCCCCCCCCCCCCCCCCCCC)OC(=O)CCCCCCCCC/C=C\C/C=C\CCCCC. The molecule has 0 spiro atoms. The third kappa shape index (κ3) is 48.1.